The highest BCUT2D eigenvalue weighted by atomic mass is 35.5. The van der Waals surface area contributed by atoms with E-state index in [-0.39, 0.29) is 18.9 Å². The lowest BCUT2D eigenvalue weighted by Crippen LogP contribution is -2.15. The van der Waals surface area contributed by atoms with Crippen LogP contribution in [0.15, 0.2) is 42.5 Å². The van der Waals surface area contributed by atoms with Crippen LogP contribution in [0.3, 0.4) is 0 Å². The minimum atomic E-state index is -0.482. The summed E-state index contributed by atoms with van der Waals surface area (Å²) < 4.78 is 9.77. The molecule has 0 atom stereocenters. The first-order valence-electron chi connectivity index (χ1n) is 7.01. The van der Waals surface area contributed by atoms with Gasteiger partial charge in [-0.15, -0.1) is 0 Å². The van der Waals surface area contributed by atoms with E-state index in [0.717, 1.165) is 5.56 Å². The fraction of sp³-hybridized carbons (Fsp3) is 0.176. The Morgan fingerprint density at radius 2 is 1.88 bits per heavy atom. The normalized spacial score (nSPS) is 10.1. The average Bonchev–Trinajstić information content (AvgIpc) is 2.56. The Kier molecular flexibility index (Phi) is 6.46. The zero-order chi connectivity index (χ0) is 17.5. The smallest absolute Gasteiger partial charge is 0.343 e. The predicted molar refractivity (Wildman–Crippen MR) is 92.7 cm³/mol. The number of hydrogen-bond acceptors (Lipinski definition) is 4. The van der Waals surface area contributed by atoms with E-state index in [1.165, 1.54) is 7.11 Å². The van der Waals surface area contributed by atoms with E-state index in [1.54, 1.807) is 42.5 Å². The zero-order valence-corrected chi connectivity index (χ0v) is 14.4. The number of methoxy groups -OCH3 is 1. The van der Waals surface area contributed by atoms with Gasteiger partial charge in [0.15, 0.2) is 6.61 Å². The van der Waals surface area contributed by atoms with Crippen molar-refractivity contribution in [3.63, 3.8) is 0 Å². The van der Waals surface area contributed by atoms with Crippen LogP contribution in [0, 0.1) is 0 Å². The number of benzene rings is 2. The van der Waals surface area contributed by atoms with Crippen LogP contribution in [0.4, 0.5) is 5.69 Å². The maximum atomic E-state index is 12.1. The minimum absolute atomic E-state index is 0.157. The van der Waals surface area contributed by atoms with E-state index in [4.69, 9.17) is 27.9 Å². The van der Waals surface area contributed by atoms with Gasteiger partial charge >= 0.3 is 5.97 Å². The molecule has 0 heterocycles. The molecule has 0 saturated carbocycles. The Labute approximate surface area is 149 Å². The molecule has 0 radical (unpaired) electrons. The first-order valence-corrected chi connectivity index (χ1v) is 7.77. The fourth-order valence-corrected chi connectivity index (χ4v) is 2.23. The number of anilines is 1. The molecule has 0 aliphatic rings. The van der Waals surface area contributed by atoms with Crippen LogP contribution in [-0.2, 0) is 20.7 Å². The first kappa shape index (κ1) is 18.1. The van der Waals surface area contributed by atoms with Crippen molar-refractivity contribution in [1.82, 2.24) is 0 Å². The Morgan fingerprint density at radius 1 is 1.08 bits per heavy atom. The summed E-state index contributed by atoms with van der Waals surface area (Å²) in [4.78, 5) is 23.2. The van der Waals surface area contributed by atoms with Crippen LogP contribution in [0.25, 0.3) is 0 Å². The number of esters is 1. The van der Waals surface area contributed by atoms with Gasteiger partial charge in [0.1, 0.15) is 5.75 Å². The summed E-state index contributed by atoms with van der Waals surface area (Å²) in [6.45, 7) is -0.197. The summed E-state index contributed by atoms with van der Waals surface area (Å²) >= 11 is 11.8. The number of hydrogen-bond donors (Lipinski definition) is 1. The van der Waals surface area contributed by atoms with E-state index in [2.05, 4.69) is 10.1 Å². The number of nitrogens with one attached hydrogen (secondary N) is 1. The number of ether oxygens (including phenoxy) is 2. The number of halogens is 2. The van der Waals surface area contributed by atoms with Crippen LogP contribution in [0.2, 0.25) is 10.0 Å². The molecule has 5 nitrogen and oxygen atoms in total. The highest BCUT2D eigenvalue weighted by molar-refractivity contribution is 6.42. The minimum Gasteiger partial charge on any atom is -0.482 e. The molecule has 0 bridgehead atoms. The van der Waals surface area contributed by atoms with Crippen LogP contribution < -0.4 is 10.1 Å². The number of rotatable bonds is 6. The topological polar surface area (TPSA) is 64.6 Å². The van der Waals surface area contributed by atoms with Gasteiger partial charge in [-0.2, -0.15) is 0 Å². The van der Waals surface area contributed by atoms with E-state index in [9.17, 15) is 9.59 Å². The van der Waals surface area contributed by atoms with E-state index in [0.29, 0.717) is 21.5 Å². The Hall–Kier alpha value is -2.24. The zero-order valence-electron chi connectivity index (χ0n) is 12.8. The van der Waals surface area contributed by atoms with Crippen molar-refractivity contribution in [3.05, 3.63) is 58.1 Å². The first-order chi connectivity index (χ1) is 11.5. The van der Waals surface area contributed by atoms with Gasteiger partial charge in [-0.25, -0.2) is 4.79 Å². The lowest BCUT2D eigenvalue weighted by Gasteiger charge is -2.09. The molecular weight excluding hydrogens is 353 g/mol. The van der Waals surface area contributed by atoms with Crippen LogP contribution in [0.1, 0.15) is 5.56 Å². The van der Waals surface area contributed by atoms with E-state index in [1.807, 2.05) is 0 Å². The predicted octanol–water partition coefficient (Wildman–Crippen LogP) is 3.73. The molecule has 1 N–H and O–H groups in total. The number of carbonyl (C=O) groups is 2. The Morgan fingerprint density at radius 3 is 2.58 bits per heavy atom. The third-order valence-corrected chi connectivity index (χ3v) is 3.79. The SMILES string of the molecule is COC(=O)COc1cccc(NC(=O)Cc2ccc(Cl)c(Cl)c2)c1. The maximum absolute atomic E-state index is 12.1. The van der Waals surface area contributed by atoms with Gasteiger partial charge in [-0.05, 0) is 29.8 Å². The molecule has 0 fully saturated rings. The number of amides is 1. The van der Waals surface area contributed by atoms with Crippen molar-refractivity contribution < 1.29 is 19.1 Å². The second-order valence-electron chi connectivity index (χ2n) is 4.87. The second-order valence-corrected chi connectivity index (χ2v) is 5.68. The lowest BCUT2D eigenvalue weighted by molar-refractivity contribution is -0.142. The highest BCUT2D eigenvalue weighted by Crippen LogP contribution is 2.23. The van der Waals surface area contributed by atoms with E-state index < -0.39 is 5.97 Å². The molecule has 0 aromatic heterocycles. The summed E-state index contributed by atoms with van der Waals surface area (Å²) in [6, 6.07) is 11.8. The molecule has 7 heteroatoms. The average molecular weight is 368 g/mol. The molecule has 0 aliphatic carbocycles. The largest absolute Gasteiger partial charge is 0.482 e. The van der Waals surface area contributed by atoms with Crippen LogP contribution >= 0.6 is 23.2 Å². The van der Waals surface area contributed by atoms with Gasteiger partial charge in [0.2, 0.25) is 5.91 Å². The van der Waals surface area contributed by atoms with Gasteiger partial charge in [0.05, 0.1) is 23.6 Å². The van der Waals surface area contributed by atoms with Crippen molar-refractivity contribution in [2.24, 2.45) is 0 Å². The fourth-order valence-electron chi connectivity index (χ4n) is 1.90. The number of carbonyl (C=O) groups excluding carboxylic acids is 2. The Bertz CT molecular complexity index is 749. The van der Waals surface area contributed by atoms with Crippen molar-refractivity contribution >= 4 is 40.8 Å². The summed E-state index contributed by atoms with van der Waals surface area (Å²) in [6.07, 6.45) is 0.157. The molecular formula is C17H15Cl2NO4. The summed E-state index contributed by atoms with van der Waals surface area (Å²) in [7, 11) is 1.28. The van der Waals surface area contributed by atoms with Gasteiger partial charge < -0.3 is 14.8 Å². The molecule has 0 spiro atoms. The molecule has 2 aromatic rings. The molecule has 2 rings (SSSR count). The summed E-state index contributed by atoms with van der Waals surface area (Å²) in [5, 5.41) is 3.60. The summed E-state index contributed by atoms with van der Waals surface area (Å²) in [5.41, 5.74) is 1.31. The van der Waals surface area contributed by atoms with E-state index >= 15 is 0 Å². The van der Waals surface area contributed by atoms with Crippen molar-refractivity contribution in [3.8, 4) is 5.75 Å². The highest BCUT2D eigenvalue weighted by Gasteiger charge is 2.08. The molecule has 24 heavy (non-hydrogen) atoms. The van der Waals surface area contributed by atoms with Crippen molar-refractivity contribution in [1.29, 1.82) is 0 Å². The molecule has 0 unspecified atom stereocenters. The van der Waals surface area contributed by atoms with Crippen molar-refractivity contribution in [2.45, 2.75) is 6.42 Å². The van der Waals surface area contributed by atoms with Gasteiger partial charge in [-0.1, -0.05) is 35.3 Å². The third-order valence-electron chi connectivity index (χ3n) is 3.05. The molecule has 0 saturated heterocycles. The lowest BCUT2D eigenvalue weighted by atomic mass is 10.1. The second kappa shape index (κ2) is 8.57. The molecule has 2 aromatic carbocycles. The van der Waals surface area contributed by atoms with Gasteiger partial charge in [0, 0.05) is 11.8 Å². The van der Waals surface area contributed by atoms with Crippen LogP contribution in [-0.4, -0.2) is 25.6 Å². The Balaban J connectivity index is 1.95. The standard InChI is InChI=1S/C17H15Cl2NO4/c1-23-17(22)10-24-13-4-2-3-12(9-13)20-16(21)8-11-5-6-14(18)15(19)7-11/h2-7,9H,8,10H2,1H3,(H,20,21). The molecule has 0 aliphatic heterocycles. The molecule has 1 amide bonds. The van der Waals surface area contributed by atoms with Crippen LogP contribution in [0.5, 0.6) is 5.75 Å². The van der Waals surface area contributed by atoms with Gasteiger partial charge in [-0.3, -0.25) is 4.79 Å². The van der Waals surface area contributed by atoms with Crippen molar-refractivity contribution in [2.75, 3.05) is 19.0 Å². The monoisotopic (exact) mass is 367 g/mol. The quantitative estimate of drug-likeness (QED) is 0.790. The summed E-state index contributed by atoms with van der Waals surface area (Å²) in [5.74, 6) is -0.240. The molecule has 126 valence electrons. The maximum Gasteiger partial charge on any atom is 0.343 e. The van der Waals surface area contributed by atoms with Gasteiger partial charge in [0.25, 0.3) is 0 Å². The third kappa shape index (κ3) is 5.44.